The number of ether oxygens (including phenoxy) is 1. The van der Waals surface area contributed by atoms with Crippen LogP contribution in [0.1, 0.15) is 31.2 Å². The fourth-order valence-electron chi connectivity index (χ4n) is 3.74. The van der Waals surface area contributed by atoms with Crippen LogP contribution in [-0.2, 0) is 0 Å². The van der Waals surface area contributed by atoms with E-state index in [1.165, 1.54) is 10.5 Å². The summed E-state index contributed by atoms with van der Waals surface area (Å²) in [4.78, 5) is 1.18. The van der Waals surface area contributed by atoms with Crippen molar-refractivity contribution < 1.29 is 4.74 Å². The quantitative estimate of drug-likeness (QED) is 0.550. The highest BCUT2D eigenvalue weighted by Gasteiger charge is 2.38. The highest BCUT2D eigenvalue weighted by atomic mass is 35.5. The zero-order valence-corrected chi connectivity index (χ0v) is 17.5. The van der Waals surface area contributed by atoms with Gasteiger partial charge in [0.2, 0.25) is 0 Å². The minimum Gasteiger partial charge on any atom is -0.488 e. The molecule has 1 fully saturated rings. The molecule has 1 saturated heterocycles. The van der Waals surface area contributed by atoms with Crippen LogP contribution < -0.4 is 10.1 Å². The summed E-state index contributed by atoms with van der Waals surface area (Å²) in [5.74, 6) is 2.48. The van der Waals surface area contributed by atoms with E-state index in [0.29, 0.717) is 21.0 Å². The maximum absolute atomic E-state index is 6.50. The molecule has 2 aromatic carbocycles. The van der Waals surface area contributed by atoms with Crippen LogP contribution in [0.15, 0.2) is 29.2 Å². The van der Waals surface area contributed by atoms with Gasteiger partial charge >= 0.3 is 0 Å². The molecule has 2 aliphatic rings. The van der Waals surface area contributed by atoms with Gasteiger partial charge in [-0.2, -0.15) is 0 Å². The van der Waals surface area contributed by atoms with E-state index in [0.717, 1.165) is 48.6 Å². The first-order chi connectivity index (χ1) is 12.6. The molecule has 2 nitrogen and oxygen atoms in total. The van der Waals surface area contributed by atoms with E-state index < -0.39 is 0 Å². The van der Waals surface area contributed by atoms with Crippen LogP contribution >= 0.6 is 46.6 Å². The number of halogens is 3. The van der Waals surface area contributed by atoms with Crippen LogP contribution in [0.5, 0.6) is 5.75 Å². The molecule has 2 heterocycles. The summed E-state index contributed by atoms with van der Waals surface area (Å²) in [6.45, 7) is 4.14. The summed E-state index contributed by atoms with van der Waals surface area (Å²) in [6.07, 6.45) is 2.41. The van der Waals surface area contributed by atoms with E-state index in [1.54, 1.807) is 12.1 Å². The SMILES string of the molecule is CCCSc1cc(-c2c(Cl)cc(Cl)cc2Cl)cc2c1OC1CCNCC21. The van der Waals surface area contributed by atoms with Gasteiger partial charge in [-0.25, -0.2) is 0 Å². The standard InChI is InChI=1S/C20H20Cl3NOS/c1-2-5-26-18-7-11(19-15(22)8-12(21)9-16(19)23)6-13-14-10-24-4-3-17(14)25-20(13)18/h6-9,14,17,24H,2-5,10H2,1H3. The lowest BCUT2D eigenvalue weighted by Gasteiger charge is -2.25. The number of thioether (sulfide) groups is 1. The van der Waals surface area contributed by atoms with Crippen LogP contribution in [0, 0.1) is 0 Å². The van der Waals surface area contributed by atoms with Crippen LogP contribution in [0.4, 0.5) is 0 Å². The monoisotopic (exact) mass is 427 g/mol. The Morgan fingerprint density at radius 2 is 1.92 bits per heavy atom. The summed E-state index contributed by atoms with van der Waals surface area (Å²) < 4.78 is 6.36. The fourth-order valence-corrected chi connectivity index (χ4v) is 5.71. The lowest BCUT2D eigenvalue weighted by molar-refractivity contribution is 0.169. The van der Waals surface area contributed by atoms with Crippen molar-refractivity contribution in [2.24, 2.45) is 0 Å². The van der Waals surface area contributed by atoms with Gasteiger partial charge in [-0.1, -0.05) is 41.7 Å². The topological polar surface area (TPSA) is 21.3 Å². The predicted octanol–water partition coefficient (Wildman–Crippen LogP) is 6.65. The number of piperidine rings is 1. The van der Waals surface area contributed by atoms with Crippen molar-refractivity contribution in [1.82, 2.24) is 5.32 Å². The summed E-state index contributed by atoms with van der Waals surface area (Å²) in [5, 5.41) is 5.19. The molecule has 1 N–H and O–H groups in total. The van der Waals surface area contributed by atoms with Crippen LogP contribution in [0.2, 0.25) is 15.1 Å². The zero-order chi connectivity index (χ0) is 18.3. The molecule has 0 amide bonds. The maximum atomic E-state index is 6.50. The number of nitrogens with one attached hydrogen (secondary N) is 1. The Hall–Kier alpha value is -0.580. The average molecular weight is 429 g/mol. The number of fused-ring (bicyclic) bond motifs is 3. The Morgan fingerprint density at radius 1 is 1.15 bits per heavy atom. The van der Waals surface area contributed by atoms with Crippen molar-refractivity contribution in [3.8, 4) is 16.9 Å². The van der Waals surface area contributed by atoms with Gasteiger partial charge in [0.25, 0.3) is 0 Å². The Bertz CT molecular complexity index is 819. The first kappa shape index (κ1) is 18.8. The second-order valence-corrected chi connectivity index (χ2v) is 9.13. The largest absolute Gasteiger partial charge is 0.488 e. The number of hydrogen-bond acceptors (Lipinski definition) is 3. The predicted molar refractivity (Wildman–Crippen MR) is 113 cm³/mol. The lowest BCUT2D eigenvalue weighted by Crippen LogP contribution is -2.37. The van der Waals surface area contributed by atoms with E-state index in [-0.39, 0.29) is 6.10 Å². The smallest absolute Gasteiger partial charge is 0.137 e. The van der Waals surface area contributed by atoms with Crippen LogP contribution in [-0.4, -0.2) is 24.9 Å². The second-order valence-electron chi connectivity index (χ2n) is 6.74. The molecular weight excluding hydrogens is 409 g/mol. The third-order valence-corrected chi connectivity index (χ3v) is 6.97. The van der Waals surface area contributed by atoms with E-state index in [1.807, 2.05) is 11.8 Å². The van der Waals surface area contributed by atoms with Crippen LogP contribution in [0.25, 0.3) is 11.1 Å². The minimum absolute atomic E-state index is 0.263. The van der Waals surface area contributed by atoms with E-state index in [9.17, 15) is 0 Å². The first-order valence-electron chi connectivity index (χ1n) is 8.91. The second kappa shape index (κ2) is 7.81. The number of hydrogen-bond donors (Lipinski definition) is 1. The van der Waals surface area contributed by atoms with Gasteiger partial charge in [-0.3, -0.25) is 0 Å². The lowest BCUT2D eigenvalue weighted by atomic mass is 9.89. The average Bonchev–Trinajstić information content (AvgIpc) is 2.98. The normalized spacial score (nSPS) is 21.2. The number of benzene rings is 2. The molecule has 0 aromatic heterocycles. The minimum atomic E-state index is 0.263. The van der Waals surface area contributed by atoms with Gasteiger partial charge in [-0.15, -0.1) is 11.8 Å². The van der Waals surface area contributed by atoms with Gasteiger partial charge < -0.3 is 10.1 Å². The summed E-state index contributed by atoms with van der Waals surface area (Å²) in [7, 11) is 0. The maximum Gasteiger partial charge on any atom is 0.137 e. The Kier molecular flexibility index (Phi) is 5.64. The molecule has 0 bridgehead atoms. The molecule has 4 rings (SSSR count). The van der Waals surface area contributed by atoms with Crippen molar-refractivity contribution in [1.29, 1.82) is 0 Å². The summed E-state index contributed by atoms with van der Waals surface area (Å²) >= 11 is 20.9. The van der Waals surface area contributed by atoms with E-state index in [2.05, 4.69) is 24.4 Å². The van der Waals surface area contributed by atoms with E-state index in [4.69, 9.17) is 39.5 Å². The van der Waals surface area contributed by atoms with Gasteiger partial charge in [0.15, 0.2) is 0 Å². The van der Waals surface area contributed by atoms with Crippen molar-refractivity contribution in [3.05, 3.63) is 44.9 Å². The zero-order valence-electron chi connectivity index (χ0n) is 14.5. The Balaban J connectivity index is 1.85. The summed E-state index contributed by atoms with van der Waals surface area (Å²) in [6, 6.07) is 7.85. The third kappa shape index (κ3) is 3.45. The highest BCUT2D eigenvalue weighted by Crippen LogP contribution is 2.49. The van der Waals surface area contributed by atoms with Gasteiger partial charge in [0, 0.05) is 28.6 Å². The highest BCUT2D eigenvalue weighted by molar-refractivity contribution is 7.99. The van der Waals surface area contributed by atoms with E-state index >= 15 is 0 Å². The molecule has 2 aliphatic heterocycles. The summed E-state index contributed by atoms with van der Waals surface area (Å²) in [5.41, 5.74) is 3.13. The molecule has 2 unspecified atom stereocenters. The van der Waals surface area contributed by atoms with Gasteiger partial charge in [-0.05, 0) is 55.0 Å². The van der Waals surface area contributed by atoms with Crippen molar-refractivity contribution in [3.63, 3.8) is 0 Å². The van der Waals surface area contributed by atoms with Crippen molar-refractivity contribution >= 4 is 46.6 Å². The number of rotatable bonds is 4. The van der Waals surface area contributed by atoms with Crippen LogP contribution in [0.3, 0.4) is 0 Å². The fraction of sp³-hybridized carbons (Fsp3) is 0.400. The molecule has 138 valence electrons. The van der Waals surface area contributed by atoms with Crippen molar-refractivity contribution in [2.75, 3.05) is 18.8 Å². The first-order valence-corrected chi connectivity index (χ1v) is 11.0. The molecule has 0 spiro atoms. The van der Waals surface area contributed by atoms with Crippen molar-refractivity contribution in [2.45, 2.75) is 36.7 Å². The molecule has 0 aliphatic carbocycles. The third-order valence-electron chi connectivity index (χ3n) is 4.93. The molecular formula is C20H20Cl3NOS. The molecule has 0 radical (unpaired) electrons. The Morgan fingerprint density at radius 3 is 2.65 bits per heavy atom. The van der Waals surface area contributed by atoms with Gasteiger partial charge in [0.1, 0.15) is 11.9 Å². The molecule has 0 saturated carbocycles. The Labute approximate surface area is 173 Å². The van der Waals surface area contributed by atoms with Gasteiger partial charge in [0.05, 0.1) is 14.9 Å². The molecule has 2 aromatic rings. The molecule has 26 heavy (non-hydrogen) atoms. The molecule has 6 heteroatoms. The molecule has 2 atom stereocenters.